The van der Waals surface area contributed by atoms with Crippen LogP contribution in [0.5, 0.6) is 23.0 Å². The highest BCUT2D eigenvalue weighted by Crippen LogP contribution is 2.50. The van der Waals surface area contributed by atoms with Gasteiger partial charge in [-0.25, -0.2) is 14.2 Å². The molecule has 2 fully saturated rings. The number of carbonyl (C=O) groups excluding carboxylic acids is 1. The molecule has 0 aliphatic carbocycles. The van der Waals surface area contributed by atoms with Crippen LogP contribution in [-0.2, 0) is 55.7 Å². The number of aromatic nitrogens is 4. The number of aromatic amines is 2. The standard InChI is InChI=1S/C23H30Cl2N3O12P.C22H26Cl2N3O11P/c1-12-8-28(23(33)27-22(12)32)19-6-16(40-26-7-14-15(24)5-17(36-2)21(31)20(14)25)18(39-19)11-38-41(34,35)37-10-13(9-30)3-4-29;1-12-10-27(22(31)26-21(12)30)18-8-15(17(37-18)11-36-39(32,34-3)35-6-4-5-28)38-25-9-13-14(23)7-16(33-2)20(29)19(13)24/h5,7-8,13,16,18-19,29-31H,3-4,6,9-11H2,1-2H3,(H,34,35)(H,27,32,33);5,7,9-10,15,17-18,29H,4,6,8,11H2,1-3H3,(H,26,30,31)/p-1/b26-7+;25-9+/t13?,16-,18-,19-;15-,17-,18-,39?/m11/s1. The highest BCUT2D eigenvalue weighted by molar-refractivity contribution is 7.48. The van der Waals surface area contributed by atoms with Crippen LogP contribution in [-0.4, -0.2) is 144 Å². The molecule has 6 N–H and O–H groups in total. The van der Waals surface area contributed by atoms with Gasteiger partial charge in [0.1, 0.15) is 30.9 Å². The number of hydrogen-bond donors (Lipinski definition) is 6. The van der Waals surface area contributed by atoms with Crippen LogP contribution in [0.1, 0.15) is 60.4 Å². The lowest BCUT2D eigenvalue weighted by Gasteiger charge is -2.27. The van der Waals surface area contributed by atoms with E-state index in [1.54, 1.807) is 0 Å². The molecule has 0 amide bonds. The van der Waals surface area contributed by atoms with Crippen molar-refractivity contribution in [3.8, 4) is 23.0 Å². The number of hydrogen-bond acceptors (Lipinski definition) is 25. The monoisotopic (exact) mass is 1250 g/mol. The molecule has 0 bridgehead atoms. The summed E-state index contributed by atoms with van der Waals surface area (Å²) in [6, 6.07) is 2.65. The van der Waals surface area contributed by atoms with Crippen molar-refractivity contribution >= 4 is 80.8 Å². The molecule has 2 aromatic heterocycles. The number of nitrogens with zero attached hydrogens (tertiary/aromatic N) is 4. The van der Waals surface area contributed by atoms with E-state index in [1.807, 2.05) is 0 Å². The molecule has 0 spiro atoms. The van der Waals surface area contributed by atoms with Gasteiger partial charge in [0.2, 0.25) is 0 Å². The maximum atomic E-state index is 12.7. The molecule has 4 aromatic rings. The molecule has 0 saturated carbocycles. The Morgan fingerprint density at radius 1 is 0.762 bits per heavy atom. The number of oxime groups is 2. The zero-order chi connectivity index (χ0) is 59.1. The number of methoxy groups -OCH3 is 2. The number of ether oxygens (including phenoxy) is 4. The SMILES string of the molecule is COc1cc(Cl)c(/C=N/O[C@@H]2C[C@H](n3cc(C)c(=O)[nH]c3=O)O[C@@H]2COP(=O)(OC)OCCC=O)c(Cl)c1O.COc1cc(Cl)c(/C=N/O[C@@H]2C[C@H](n3cc(C)c(=O)[nH]c3=O)O[C@@H]2COP(=O)([O-])OCC(CO)CCO)c(Cl)c1O. The van der Waals surface area contributed by atoms with Crippen molar-refractivity contribution in [2.45, 2.75) is 76.4 Å². The lowest BCUT2D eigenvalue weighted by atomic mass is 10.1. The van der Waals surface area contributed by atoms with E-state index in [4.69, 9.17) is 103 Å². The van der Waals surface area contributed by atoms with E-state index in [0.29, 0.717) is 6.29 Å². The summed E-state index contributed by atoms with van der Waals surface area (Å²) < 4.78 is 74.1. The Kier molecular flexibility index (Phi) is 24.8. The van der Waals surface area contributed by atoms with Crippen molar-refractivity contribution in [2.75, 3.05) is 61.0 Å². The molecule has 3 unspecified atom stereocenters. The van der Waals surface area contributed by atoms with Gasteiger partial charge in [0.05, 0.1) is 73.2 Å². The van der Waals surface area contributed by atoms with Crippen molar-refractivity contribution in [1.29, 1.82) is 0 Å². The molecule has 80 heavy (non-hydrogen) atoms. The Balaban J connectivity index is 0.000000294. The van der Waals surface area contributed by atoms with Gasteiger partial charge in [0.25, 0.3) is 18.9 Å². The number of nitrogens with one attached hydrogen (secondary N) is 2. The van der Waals surface area contributed by atoms with Gasteiger partial charge in [-0.3, -0.25) is 46.8 Å². The van der Waals surface area contributed by atoms with Crippen LogP contribution in [0.3, 0.4) is 0 Å². The maximum Gasteiger partial charge on any atom is 0.474 e. The van der Waals surface area contributed by atoms with Gasteiger partial charge in [-0.15, -0.1) is 0 Å². The summed E-state index contributed by atoms with van der Waals surface area (Å²) in [5, 5.41) is 46.2. The minimum absolute atomic E-state index is 0.0281. The molecule has 4 heterocycles. The number of carbonyl (C=O) groups is 1. The second-order valence-corrected chi connectivity index (χ2v) is 21.8. The van der Waals surface area contributed by atoms with E-state index in [2.05, 4.69) is 20.3 Å². The third-order valence-electron chi connectivity index (χ3n) is 11.6. The normalized spacial score (nSPS) is 20.9. The zero-order valence-corrected chi connectivity index (χ0v) is 47.7. The summed E-state index contributed by atoms with van der Waals surface area (Å²) in [5.41, 5.74) is -1.87. The predicted octanol–water partition coefficient (Wildman–Crippen LogP) is 4.01. The van der Waals surface area contributed by atoms with Gasteiger partial charge >= 0.3 is 19.2 Å². The molecule has 2 saturated heterocycles. The Morgan fingerprint density at radius 3 is 1.64 bits per heavy atom. The van der Waals surface area contributed by atoms with E-state index in [9.17, 15) is 53.3 Å². The summed E-state index contributed by atoms with van der Waals surface area (Å²) in [7, 11) is -5.17. The Hall–Kier alpha value is -5.17. The van der Waals surface area contributed by atoms with Crippen molar-refractivity contribution in [3.05, 3.63) is 109 Å². The fraction of sp³-hybridized carbons (Fsp3) is 0.489. The van der Waals surface area contributed by atoms with Crippen LogP contribution >= 0.6 is 62.0 Å². The first-order valence-corrected chi connectivity index (χ1v) is 27.9. The van der Waals surface area contributed by atoms with Crippen molar-refractivity contribution < 1.29 is 90.5 Å². The Bertz CT molecular complexity index is 3200. The first-order valence-electron chi connectivity index (χ1n) is 23.5. The number of H-pyrrole nitrogens is 2. The molecular formula is C45H55Cl4N6O23P2-. The number of phenolic OH excluding ortho intramolecular Hbond substituents is 2. The molecule has 2 aliphatic rings. The topological polar surface area (TPSA) is 391 Å². The third kappa shape index (κ3) is 17.4. The second-order valence-electron chi connectivity index (χ2n) is 17.0. The zero-order valence-electron chi connectivity index (χ0n) is 42.9. The van der Waals surface area contributed by atoms with E-state index in [1.165, 1.54) is 57.2 Å². The van der Waals surface area contributed by atoms with E-state index < -0.39 is 101 Å². The molecule has 6 rings (SSSR count). The van der Waals surface area contributed by atoms with Crippen LogP contribution in [0.15, 0.2) is 54.0 Å². The smallest absolute Gasteiger partial charge is 0.474 e. The summed E-state index contributed by atoms with van der Waals surface area (Å²) in [6.45, 7) is 0.719. The van der Waals surface area contributed by atoms with Crippen LogP contribution in [0.4, 0.5) is 0 Å². The molecule has 2 aliphatic heterocycles. The number of rotatable bonds is 27. The minimum atomic E-state index is -4.89. The van der Waals surface area contributed by atoms with Crippen LogP contribution in [0.25, 0.3) is 0 Å². The fourth-order valence-electron chi connectivity index (χ4n) is 7.27. The molecule has 442 valence electrons. The number of phenols is 2. The molecule has 0 radical (unpaired) electrons. The largest absolute Gasteiger partial charge is 0.756 e. The van der Waals surface area contributed by atoms with Gasteiger partial charge < -0.3 is 67.8 Å². The van der Waals surface area contributed by atoms with Crippen molar-refractivity contribution in [1.82, 2.24) is 19.1 Å². The van der Waals surface area contributed by atoms with Crippen molar-refractivity contribution in [2.24, 2.45) is 16.2 Å². The summed E-state index contributed by atoms with van der Waals surface area (Å²) >= 11 is 24.7. The Labute approximate surface area is 473 Å². The van der Waals surface area contributed by atoms with Crippen LogP contribution in [0.2, 0.25) is 20.1 Å². The number of aryl methyl sites for hydroxylation is 2. The average Bonchev–Trinajstić information content (AvgIpc) is 4.04. The summed E-state index contributed by atoms with van der Waals surface area (Å²) in [4.78, 5) is 86.7. The second kappa shape index (κ2) is 30.2. The van der Waals surface area contributed by atoms with Gasteiger partial charge in [-0.1, -0.05) is 56.7 Å². The van der Waals surface area contributed by atoms with Gasteiger partial charge in [-0.05, 0) is 20.3 Å². The number of phosphoric ester groups is 2. The predicted molar refractivity (Wildman–Crippen MR) is 282 cm³/mol. The number of aldehydes is 1. The van der Waals surface area contributed by atoms with E-state index in [0.717, 1.165) is 24.1 Å². The van der Waals surface area contributed by atoms with E-state index >= 15 is 0 Å². The first-order chi connectivity index (χ1) is 37.9. The number of benzene rings is 2. The summed E-state index contributed by atoms with van der Waals surface area (Å²) in [6.07, 6.45) is -0.271. The third-order valence-corrected chi connectivity index (χ3v) is 15.4. The number of aliphatic hydroxyl groups excluding tert-OH is 2. The first kappa shape index (κ1) is 65.6. The van der Waals surface area contributed by atoms with Crippen molar-refractivity contribution in [3.63, 3.8) is 0 Å². The summed E-state index contributed by atoms with van der Waals surface area (Å²) in [5.74, 6) is -1.26. The number of aromatic hydroxyl groups is 2. The van der Waals surface area contributed by atoms with Gasteiger partial charge in [0.15, 0.2) is 35.2 Å². The fourth-order valence-corrected chi connectivity index (χ4v) is 10.1. The van der Waals surface area contributed by atoms with E-state index in [-0.39, 0.29) is 111 Å². The quantitative estimate of drug-likeness (QED) is 0.0161. The molecule has 9 atom stereocenters. The molecule has 29 nitrogen and oxygen atoms in total. The number of aliphatic hydroxyl groups is 2. The number of halogens is 4. The highest BCUT2D eigenvalue weighted by Gasteiger charge is 2.42. The maximum absolute atomic E-state index is 12.7. The molecular weight excluding hydrogens is 1200 g/mol. The number of phosphoric acid groups is 2. The lowest BCUT2D eigenvalue weighted by molar-refractivity contribution is -0.230. The Morgan fingerprint density at radius 2 is 1.23 bits per heavy atom. The van der Waals surface area contributed by atoms with Crippen LogP contribution in [0, 0.1) is 19.8 Å². The average molecular weight is 1250 g/mol. The van der Waals surface area contributed by atoms with Gasteiger partial charge in [0, 0.05) is 92.3 Å². The lowest BCUT2D eigenvalue weighted by Crippen LogP contribution is -2.33. The highest BCUT2D eigenvalue weighted by atomic mass is 35.5. The molecule has 35 heteroatoms. The molecule has 2 aromatic carbocycles. The minimum Gasteiger partial charge on any atom is -0.756 e. The van der Waals surface area contributed by atoms with Crippen LogP contribution < -0.4 is 36.9 Å². The van der Waals surface area contributed by atoms with Gasteiger partial charge in [-0.2, -0.15) is 0 Å².